The zero-order chi connectivity index (χ0) is 12.4. The Labute approximate surface area is 100 Å². The van der Waals surface area contributed by atoms with Gasteiger partial charge < -0.3 is 21.1 Å². The maximum absolute atomic E-state index is 12.3. The van der Waals surface area contributed by atoms with Gasteiger partial charge in [-0.2, -0.15) is 0 Å². The van der Waals surface area contributed by atoms with E-state index in [1.54, 1.807) is 23.1 Å². The van der Waals surface area contributed by atoms with E-state index in [0.717, 1.165) is 0 Å². The van der Waals surface area contributed by atoms with Crippen molar-refractivity contribution in [1.29, 1.82) is 0 Å². The number of hydrogen-bond donors (Lipinski definition) is 2. The van der Waals surface area contributed by atoms with Crippen LogP contribution in [0.3, 0.4) is 0 Å². The molecule has 0 radical (unpaired) electrons. The number of carbonyl (C=O) groups excluding carboxylic acids is 1. The van der Waals surface area contributed by atoms with Crippen LogP contribution in [-0.2, 0) is 4.74 Å². The third kappa shape index (κ3) is 2.50. The van der Waals surface area contributed by atoms with E-state index in [-0.39, 0.29) is 11.9 Å². The second-order valence-electron chi connectivity index (χ2n) is 4.31. The van der Waals surface area contributed by atoms with Gasteiger partial charge >= 0.3 is 0 Å². The van der Waals surface area contributed by atoms with Crippen LogP contribution >= 0.6 is 0 Å². The lowest BCUT2D eigenvalue weighted by Crippen LogP contribution is -2.47. The van der Waals surface area contributed by atoms with Gasteiger partial charge in [0.25, 0.3) is 5.91 Å². The van der Waals surface area contributed by atoms with Gasteiger partial charge in [0.2, 0.25) is 0 Å². The van der Waals surface area contributed by atoms with Crippen LogP contribution in [0.25, 0.3) is 0 Å². The normalized spacial score (nSPS) is 20.3. The predicted molar refractivity (Wildman–Crippen MR) is 66.6 cm³/mol. The van der Waals surface area contributed by atoms with E-state index in [1.807, 2.05) is 6.92 Å². The minimum absolute atomic E-state index is 0.0419. The van der Waals surface area contributed by atoms with Crippen molar-refractivity contribution < 1.29 is 9.53 Å². The summed E-state index contributed by atoms with van der Waals surface area (Å²) in [5.41, 5.74) is 12.9. The fourth-order valence-corrected chi connectivity index (χ4v) is 1.99. The van der Waals surface area contributed by atoms with E-state index >= 15 is 0 Å². The molecule has 1 heterocycles. The highest BCUT2D eigenvalue weighted by atomic mass is 16.5. The maximum atomic E-state index is 12.3. The van der Waals surface area contributed by atoms with Crippen molar-refractivity contribution in [3.8, 4) is 0 Å². The number of hydrogen-bond acceptors (Lipinski definition) is 4. The zero-order valence-electron chi connectivity index (χ0n) is 9.85. The molecule has 1 aromatic carbocycles. The highest BCUT2D eigenvalue weighted by Crippen LogP contribution is 2.17. The van der Waals surface area contributed by atoms with E-state index in [2.05, 4.69) is 0 Å². The van der Waals surface area contributed by atoms with Crippen LogP contribution < -0.4 is 11.5 Å². The summed E-state index contributed by atoms with van der Waals surface area (Å²) in [6.45, 7) is 3.72. The third-order valence-electron chi connectivity index (χ3n) is 2.85. The fourth-order valence-electron chi connectivity index (χ4n) is 1.99. The zero-order valence-corrected chi connectivity index (χ0v) is 9.85. The highest BCUT2D eigenvalue weighted by molar-refractivity contribution is 5.96. The molecular weight excluding hydrogens is 218 g/mol. The predicted octanol–water partition coefficient (Wildman–Crippen LogP) is 0.712. The van der Waals surface area contributed by atoms with Gasteiger partial charge in [0.05, 0.1) is 19.3 Å². The Kier molecular flexibility index (Phi) is 3.19. The molecule has 0 aromatic heterocycles. The Hall–Kier alpha value is -1.75. The molecule has 4 N–H and O–H groups in total. The van der Waals surface area contributed by atoms with Crippen LogP contribution in [-0.4, -0.2) is 36.6 Å². The molecular formula is C12H17N3O2. The van der Waals surface area contributed by atoms with Crippen LogP contribution in [0.1, 0.15) is 17.3 Å². The number of nitrogens with zero attached hydrogens (tertiary/aromatic N) is 1. The summed E-state index contributed by atoms with van der Waals surface area (Å²) >= 11 is 0. The van der Waals surface area contributed by atoms with Crippen molar-refractivity contribution in [2.45, 2.75) is 13.0 Å². The van der Waals surface area contributed by atoms with Crippen molar-refractivity contribution in [1.82, 2.24) is 4.90 Å². The van der Waals surface area contributed by atoms with Crippen LogP contribution in [0.2, 0.25) is 0 Å². The molecule has 2 rings (SSSR count). The molecule has 0 spiro atoms. The van der Waals surface area contributed by atoms with Gasteiger partial charge in [0.15, 0.2) is 0 Å². The number of nitrogen functional groups attached to an aromatic ring is 2. The summed E-state index contributed by atoms with van der Waals surface area (Å²) in [5.74, 6) is -0.0419. The number of ether oxygens (including phenoxy) is 1. The maximum Gasteiger partial charge on any atom is 0.254 e. The smallest absolute Gasteiger partial charge is 0.254 e. The Morgan fingerprint density at radius 2 is 2.00 bits per heavy atom. The second kappa shape index (κ2) is 4.63. The molecule has 1 aliphatic rings. The van der Waals surface area contributed by atoms with Crippen LogP contribution in [0.4, 0.5) is 11.4 Å². The van der Waals surface area contributed by atoms with E-state index in [9.17, 15) is 4.79 Å². The molecule has 5 nitrogen and oxygen atoms in total. The first-order chi connectivity index (χ1) is 8.08. The van der Waals surface area contributed by atoms with Crippen molar-refractivity contribution in [2.75, 3.05) is 31.2 Å². The number of rotatable bonds is 1. The molecule has 1 aromatic rings. The lowest BCUT2D eigenvalue weighted by Gasteiger charge is -2.33. The van der Waals surface area contributed by atoms with Crippen molar-refractivity contribution in [2.24, 2.45) is 0 Å². The minimum Gasteiger partial charge on any atom is -0.399 e. The molecule has 0 bridgehead atoms. The Bertz CT molecular complexity index is 414. The fraction of sp³-hybridized carbons (Fsp3) is 0.417. The number of benzene rings is 1. The molecule has 1 fully saturated rings. The standard InChI is InChI=1S/C12H17N3O2/c1-8-7-17-3-2-15(8)12(16)9-4-10(13)6-11(14)5-9/h4-6,8H,2-3,7,13-14H2,1H3. The number of carbonyl (C=O) groups is 1. The largest absolute Gasteiger partial charge is 0.399 e. The summed E-state index contributed by atoms with van der Waals surface area (Å²) < 4.78 is 5.30. The molecule has 92 valence electrons. The third-order valence-corrected chi connectivity index (χ3v) is 2.85. The lowest BCUT2D eigenvalue weighted by molar-refractivity contribution is 0.00360. The summed E-state index contributed by atoms with van der Waals surface area (Å²) in [5, 5.41) is 0. The van der Waals surface area contributed by atoms with Gasteiger partial charge in [0.1, 0.15) is 0 Å². The number of amides is 1. The van der Waals surface area contributed by atoms with Crippen LogP contribution in [0.5, 0.6) is 0 Å². The monoisotopic (exact) mass is 235 g/mol. The van der Waals surface area contributed by atoms with E-state index in [0.29, 0.717) is 36.7 Å². The molecule has 0 aliphatic carbocycles. The average Bonchev–Trinajstić information content (AvgIpc) is 2.27. The van der Waals surface area contributed by atoms with Gasteiger partial charge in [-0.3, -0.25) is 4.79 Å². The van der Waals surface area contributed by atoms with Crippen molar-refractivity contribution >= 4 is 17.3 Å². The van der Waals surface area contributed by atoms with Gasteiger partial charge in [0, 0.05) is 23.5 Å². The van der Waals surface area contributed by atoms with Crippen molar-refractivity contribution in [3.63, 3.8) is 0 Å². The SMILES string of the molecule is CC1COCCN1C(=O)c1cc(N)cc(N)c1. The molecule has 1 atom stereocenters. The molecule has 1 amide bonds. The van der Waals surface area contributed by atoms with Gasteiger partial charge in [-0.25, -0.2) is 0 Å². The Balaban J connectivity index is 2.23. The van der Waals surface area contributed by atoms with E-state index in [4.69, 9.17) is 16.2 Å². The number of anilines is 2. The van der Waals surface area contributed by atoms with E-state index in [1.165, 1.54) is 0 Å². The molecule has 1 saturated heterocycles. The summed E-state index contributed by atoms with van der Waals surface area (Å²) in [6, 6.07) is 5.03. The van der Waals surface area contributed by atoms with Gasteiger partial charge in [-0.15, -0.1) is 0 Å². The summed E-state index contributed by atoms with van der Waals surface area (Å²) in [4.78, 5) is 14.1. The molecule has 1 aliphatic heterocycles. The second-order valence-corrected chi connectivity index (χ2v) is 4.31. The van der Waals surface area contributed by atoms with Crippen LogP contribution in [0, 0.1) is 0 Å². The van der Waals surface area contributed by atoms with Crippen LogP contribution in [0.15, 0.2) is 18.2 Å². The number of morpholine rings is 1. The molecule has 1 unspecified atom stereocenters. The quantitative estimate of drug-likeness (QED) is 0.702. The lowest BCUT2D eigenvalue weighted by atomic mass is 10.1. The highest BCUT2D eigenvalue weighted by Gasteiger charge is 2.24. The Morgan fingerprint density at radius 1 is 1.35 bits per heavy atom. The first-order valence-corrected chi connectivity index (χ1v) is 5.62. The number of nitrogens with two attached hydrogens (primary N) is 2. The first kappa shape index (κ1) is 11.7. The summed E-state index contributed by atoms with van der Waals surface area (Å²) in [6.07, 6.45) is 0. The average molecular weight is 235 g/mol. The molecule has 17 heavy (non-hydrogen) atoms. The van der Waals surface area contributed by atoms with E-state index < -0.39 is 0 Å². The minimum atomic E-state index is -0.0419. The van der Waals surface area contributed by atoms with Crippen molar-refractivity contribution in [3.05, 3.63) is 23.8 Å². The topological polar surface area (TPSA) is 81.6 Å². The molecule has 5 heteroatoms. The summed E-state index contributed by atoms with van der Waals surface area (Å²) in [7, 11) is 0. The molecule has 0 saturated carbocycles. The van der Waals surface area contributed by atoms with Gasteiger partial charge in [-0.05, 0) is 25.1 Å². The van der Waals surface area contributed by atoms with Gasteiger partial charge in [-0.1, -0.05) is 0 Å². The first-order valence-electron chi connectivity index (χ1n) is 5.62. The Morgan fingerprint density at radius 3 is 2.59 bits per heavy atom.